The van der Waals surface area contributed by atoms with Gasteiger partial charge in [-0.15, -0.1) is 0 Å². The molecule has 1 heterocycles. The molecule has 0 bridgehead atoms. The molecule has 0 fully saturated rings. The lowest BCUT2D eigenvalue weighted by Crippen LogP contribution is -2.23. The normalized spacial score (nSPS) is 11.4. The van der Waals surface area contributed by atoms with E-state index in [0.29, 0.717) is 10.6 Å². The zero-order valence-electron chi connectivity index (χ0n) is 18.4. The molecule has 1 N–H and O–H groups in total. The summed E-state index contributed by atoms with van der Waals surface area (Å²) in [5, 5.41) is 13.1. The highest BCUT2D eigenvalue weighted by Gasteiger charge is 2.21. The van der Waals surface area contributed by atoms with Gasteiger partial charge < -0.3 is 5.32 Å². The zero-order chi connectivity index (χ0) is 23.2. The van der Waals surface area contributed by atoms with Crippen molar-refractivity contribution in [1.82, 2.24) is 4.98 Å². The molecule has 0 aliphatic rings. The quantitative estimate of drug-likeness (QED) is 0.332. The van der Waals surface area contributed by atoms with Crippen LogP contribution in [0.1, 0.15) is 18.1 Å². The van der Waals surface area contributed by atoms with E-state index in [1.165, 1.54) is 11.8 Å². The highest BCUT2D eigenvalue weighted by Crippen LogP contribution is 2.35. The van der Waals surface area contributed by atoms with E-state index in [1.807, 2.05) is 105 Å². The van der Waals surface area contributed by atoms with Gasteiger partial charge >= 0.3 is 0 Å². The van der Waals surface area contributed by atoms with Crippen LogP contribution in [0.4, 0.5) is 5.69 Å². The molecule has 0 saturated carbocycles. The van der Waals surface area contributed by atoms with Crippen LogP contribution in [-0.2, 0) is 4.79 Å². The predicted octanol–water partition coefficient (Wildman–Crippen LogP) is 6.72. The predicted molar refractivity (Wildman–Crippen MR) is 135 cm³/mol. The number of nitrogens with zero attached hydrogens (tertiary/aromatic N) is 2. The summed E-state index contributed by atoms with van der Waals surface area (Å²) in [5.41, 5.74) is 5.72. The maximum absolute atomic E-state index is 12.9. The first kappa shape index (κ1) is 22.3. The number of aryl methyl sites for hydroxylation is 1. The van der Waals surface area contributed by atoms with Crippen LogP contribution in [0.2, 0.25) is 0 Å². The van der Waals surface area contributed by atoms with Crippen molar-refractivity contribution in [2.45, 2.75) is 24.1 Å². The molecule has 162 valence electrons. The van der Waals surface area contributed by atoms with Crippen molar-refractivity contribution in [3.63, 3.8) is 0 Å². The molecule has 4 rings (SSSR count). The third kappa shape index (κ3) is 5.14. The van der Waals surface area contributed by atoms with Gasteiger partial charge in [0.2, 0.25) is 5.91 Å². The molecular weight excluding hydrogens is 426 g/mol. The Bertz CT molecular complexity index is 1310. The number of hydrogen-bond acceptors (Lipinski definition) is 4. The van der Waals surface area contributed by atoms with Crippen LogP contribution in [0.15, 0.2) is 96.0 Å². The summed E-state index contributed by atoms with van der Waals surface area (Å²) >= 11 is 1.30. The standard InChI is InChI=1S/C28H23N3OS/c1-19-11-9-10-16-25(19)30-27(32)20(2)33-28-24(18-29)23(21-12-5-3-6-13-21)17-26(31-28)22-14-7-4-8-15-22/h3-17,20H,1-2H3,(H,30,32)/t20-/m0/s1. The minimum atomic E-state index is -0.446. The van der Waals surface area contributed by atoms with E-state index in [9.17, 15) is 10.1 Å². The van der Waals surface area contributed by atoms with Gasteiger partial charge in [0, 0.05) is 16.8 Å². The maximum Gasteiger partial charge on any atom is 0.237 e. The molecule has 0 radical (unpaired) electrons. The van der Waals surface area contributed by atoms with Crippen molar-refractivity contribution >= 4 is 23.4 Å². The molecular formula is C28H23N3OS. The number of pyridine rings is 1. The van der Waals surface area contributed by atoms with Crippen LogP contribution < -0.4 is 5.32 Å². The molecule has 0 aliphatic carbocycles. The Hall–Kier alpha value is -3.88. The average Bonchev–Trinajstić information content (AvgIpc) is 2.86. The first-order chi connectivity index (χ1) is 16.1. The first-order valence-electron chi connectivity index (χ1n) is 10.7. The van der Waals surface area contributed by atoms with Gasteiger partial charge in [0.05, 0.1) is 16.5 Å². The lowest BCUT2D eigenvalue weighted by atomic mass is 9.99. The molecule has 1 atom stereocenters. The number of aromatic nitrogens is 1. The zero-order valence-corrected chi connectivity index (χ0v) is 19.3. The summed E-state index contributed by atoms with van der Waals surface area (Å²) in [6.45, 7) is 3.79. The van der Waals surface area contributed by atoms with Gasteiger partial charge in [-0.3, -0.25) is 4.79 Å². The minimum Gasteiger partial charge on any atom is -0.325 e. The Morgan fingerprint density at radius 1 is 0.939 bits per heavy atom. The van der Waals surface area contributed by atoms with E-state index < -0.39 is 5.25 Å². The summed E-state index contributed by atoms with van der Waals surface area (Å²) < 4.78 is 0. The van der Waals surface area contributed by atoms with Crippen LogP contribution in [0.5, 0.6) is 0 Å². The number of thioether (sulfide) groups is 1. The Balaban J connectivity index is 1.73. The van der Waals surface area contributed by atoms with Gasteiger partial charge in [0.25, 0.3) is 0 Å². The average molecular weight is 450 g/mol. The second-order valence-electron chi connectivity index (χ2n) is 7.64. The van der Waals surface area contributed by atoms with Crippen molar-refractivity contribution in [3.8, 4) is 28.5 Å². The van der Waals surface area contributed by atoms with E-state index in [2.05, 4.69) is 11.4 Å². The number of nitrogens with one attached hydrogen (secondary N) is 1. The molecule has 33 heavy (non-hydrogen) atoms. The highest BCUT2D eigenvalue weighted by atomic mass is 32.2. The SMILES string of the molecule is Cc1ccccc1NC(=O)[C@H](C)Sc1nc(-c2ccccc2)cc(-c2ccccc2)c1C#N. The number of benzene rings is 3. The largest absolute Gasteiger partial charge is 0.325 e. The van der Waals surface area contributed by atoms with E-state index in [4.69, 9.17) is 4.98 Å². The van der Waals surface area contributed by atoms with Crippen LogP contribution in [0, 0.1) is 18.3 Å². The summed E-state index contributed by atoms with van der Waals surface area (Å²) in [4.78, 5) is 17.7. The molecule has 4 nitrogen and oxygen atoms in total. The van der Waals surface area contributed by atoms with E-state index >= 15 is 0 Å². The molecule has 0 saturated heterocycles. The molecule has 4 aromatic rings. The van der Waals surface area contributed by atoms with E-state index in [1.54, 1.807) is 0 Å². The van der Waals surface area contributed by atoms with Crippen molar-refractivity contribution in [2.75, 3.05) is 5.32 Å². The van der Waals surface area contributed by atoms with Gasteiger partial charge in [0.15, 0.2) is 0 Å². The number of para-hydroxylation sites is 1. The summed E-state index contributed by atoms with van der Waals surface area (Å²) in [5.74, 6) is -0.133. The number of amides is 1. The van der Waals surface area contributed by atoms with Crippen molar-refractivity contribution in [1.29, 1.82) is 5.26 Å². The number of anilines is 1. The summed E-state index contributed by atoms with van der Waals surface area (Å²) in [6, 6.07) is 31.6. The van der Waals surface area contributed by atoms with E-state index in [0.717, 1.165) is 33.6 Å². The maximum atomic E-state index is 12.9. The topological polar surface area (TPSA) is 65.8 Å². The van der Waals surface area contributed by atoms with Crippen LogP contribution in [0.25, 0.3) is 22.4 Å². The van der Waals surface area contributed by atoms with Gasteiger partial charge in [-0.05, 0) is 37.1 Å². The highest BCUT2D eigenvalue weighted by molar-refractivity contribution is 8.00. The molecule has 0 unspecified atom stereocenters. The molecule has 1 aromatic heterocycles. The van der Waals surface area contributed by atoms with Crippen molar-refractivity contribution < 1.29 is 4.79 Å². The third-order valence-electron chi connectivity index (χ3n) is 5.31. The number of hydrogen-bond donors (Lipinski definition) is 1. The molecule has 0 aliphatic heterocycles. The van der Waals surface area contributed by atoms with Gasteiger partial charge in [-0.25, -0.2) is 4.98 Å². The molecule has 5 heteroatoms. The number of carbonyl (C=O) groups is 1. The summed E-state index contributed by atoms with van der Waals surface area (Å²) in [7, 11) is 0. The Morgan fingerprint density at radius 2 is 1.55 bits per heavy atom. The van der Waals surface area contributed by atoms with Crippen LogP contribution in [-0.4, -0.2) is 16.1 Å². The summed E-state index contributed by atoms with van der Waals surface area (Å²) in [6.07, 6.45) is 0. The number of rotatable bonds is 6. The second kappa shape index (κ2) is 10.2. The van der Waals surface area contributed by atoms with Crippen LogP contribution in [0.3, 0.4) is 0 Å². The number of nitriles is 1. The van der Waals surface area contributed by atoms with E-state index in [-0.39, 0.29) is 5.91 Å². The van der Waals surface area contributed by atoms with Gasteiger partial charge in [-0.2, -0.15) is 5.26 Å². The second-order valence-corrected chi connectivity index (χ2v) is 8.97. The smallest absolute Gasteiger partial charge is 0.237 e. The Kier molecular flexibility index (Phi) is 6.87. The van der Waals surface area contributed by atoms with Crippen molar-refractivity contribution in [2.24, 2.45) is 0 Å². The third-order valence-corrected chi connectivity index (χ3v) is 6.40. The fourth-order valence-electron chi connectivity index (χ4n) is 3.49. The monoisotopic (exact) mass is 449 g/mol. The lowest BCUT2D eigenvalue weighted by molar-refractivity contribution is -0.115. The van der Waals surface area contributed by atoms with Crippen LogP contribution >= 0.6 is 11.8 Å². The lowest BCUT2D eigenvalue weighted by Gasteiger charge is -2.16. The molecule has 3 aromatic carbocycles. The number of carbonyl (C=O) groups excluding carboxylic acids is 1. The Morgan fingerprint density at radius 3 is 2.18 bits per heavy atom. The Labute approximate surface area is 198 Å². The fourth-order valence-corrected chi connectivity index (χ4v) is 4.41. The van der Waals surface area contributed by atoms with Crippen molar-refractivity contribution in [3.05, 3.63) is 102 Å². The van der Waals surface area contributed by atoms with Gasteiger partial charge in [-0.1, -0.05) is 90.6 Å². The minimum absolute atomic E-state index is 0.133. The van der Waals surface area contributed by atoms with Gasteiger partial charge in [0.1, 0.15) is 11.1 Å². The molecule has 1 amide bonds. The first-order valence-corrected chi connectivity index (χ1v) is 11.5. The fraction of sp³-hybridized carbons (Fsp3) is 0.107. The molecule has 0 spiro atoms.